The van der Waals surface area contributed by atoms with E-state index in [4.69, 9.17) is 9.84 Å². The Morgan fingerprint density at radius 3 is 3.07 bits per heavy atom. The standard InChI is InChI=1S/C12H14O3/c1-2-8-4-3-5-9-6-7-10(12(13)14)15-11(8)9/h3-5,10H,2,6-7H2,1H3,(H,13,14). The van der Waals surface area contributed by atoms with E-state index in [1.807, 2.05) is 25.1 Å². The lowest BCUT2D eigenvalue weighted by atomic mass is 9.98. The molecule has 3 heteroatoms. The lowest BCUT2D eigenvalue weighted by molar-refractivity contribution is -0.145. The van der Waals surface area contributed by atoms with E-state index in [1.165, 1.54) is 0 Å². The summed E-state index contributed by atoms with van der Waals surface area (Å²) in [6.07, 6.45) is 1.55. The fourth-order valence-electron chi connectivity index (χ4n) is 1.93. The van der Waals surface area contributed by atoms with Crippen LogP contribution in [-0.2, 0) is 17.6 Å². The molecule has 1 aromatic rings. The number of carboxylic acid groups (broad SMARTS) is 1. The quantitative estimate of drug-likeness (QED) is 0.805. The predicted molar refractivity (Wildman–Crippen MR) is 56.2 cm³/mol. The molecule has 80 valence electrons. The number of hydrogen-bond donors (Lipinski definition) is 1. The first-order chi connectivity index (χ1) is 7.22. The largest absolute Gasteiger partial charge is 0.479 e. The van der Waals surface area contributed by atoms with E-state index < -0.39 is 12.1 Å². The Morgan fingerprint density at radius 2 is 2.40 bits per heavy atom. The topological polar surface area (TPSA) is 46.5 Å². The van der Waals surface area contributed by atoms with Gasteiger partial charge in [-0.1, -0.05) is 25.1 Å². The van der Waals surface area contributed by atoms with Crippen LogP contribution in [0.4, 0.5) is 0 Å². The van der Waals surface area contributed by atoms with Crippen molar-refractivity contribution in [1.29, 1.82) is 0 Å². The number of rotatable bonds is 2. The first kappa shape index (κ1) is 10.0. The first-order valence-electron chi connectivity index (χ1n) is 5.22. The molecule has 0 spiro atoms. The van der Waals surface area contributed by atoms with Gasteiger partial charge in [0.15, 0.2) is 6.10 Å². The van der Waals surface area contributed by atoms with Crippen LogP contribution in [0.15, 0.2) is 18.2 Å². The second kappa shape index (κ2) is 3.93. The Morgan fingerprint density at radius 1 is 1.60 bits per heavy atom. The van der Waals surface area contributed by atoms with Crippen molar-refractivity contribution in [3.8, 4) is 5.75 Å². The van der Waals surface area contributed by atoms with E-state index in [-0.39, 0.29) is 0 Å². The number of ether oxygens (including phenoxy) is 1. The van der Waals surface area contributed by atoms with Crippen molar-refractivity contribution in [3.05, 3.63) is 29.3 Å². The molecule has 3 nitrogen and oxygen atoms in total. The number of hydrogen-bond acceptors (Lipinski definition) is 2. The molecule has 1 heterocycles. The van der Waals surface area contributed by atoms with Gasteiger partial charge in [0, 0.05) is 0 Å². The van der Waals surface area contributed by atoms with E-state index in [9.17, 15) is 4.79 Å². The predicted octanol–water partition coefficient (Wildman–Crippen LogP) is 2.03. The van der Waals surface area contributed by atoms with Crippen molar-refractivity contribution in [2.75, 3.05) is 0 Å². The van der Waals surface area contributed by atoms with E-state index >= 15 is 0 Å². The molecule has 0 bridgehead atoms. The molecule has 2 rings (SSSR count). The molecule has 0 radical (unpaired) electrons. The minimum absolute atomic E-state index is 0.565. The maximum Gasteiger partial charge on any atom is 0.344 e. The van der Waals surface area contributed by atoms with Crippen molar-refractivity contribution in [3.63, 3.8) is 0 Å². The Labute approximate surface area is 88.7 Å². The van der Waals surface area contributed by atoms with Gasteiger partial charge in [0.2, 0.25) is 0 Å². The van der Waals surface area contributed by atoms with Crippen molar-refractivity contribution >= 4 is 5.97 Å². The van der Waals surface area contributed by atoms with Gasteiger partial charge in [-0.3, -0.25) is 0 Å². The van der Waals surface area contributed by atoms with E-state index in [0.717, 1.165) is 29.7 Å². The normalized spacial score (nSPS) is 19.1. The average Bonchev–Trinajstić information content (AvgIpc) is 2.27. The van der Waals surface area contributed by atoms with Gasteiger partial charge in [-0.05, 0) is 30.4 Å². The highest BCUT2D eigenvalue weighted by atomic mass is 16.5. The molecule has 15 heavy (non-hydrogen) atoms. The molecule has 1 unspecified atom stereocenters. The van der Waals surface area contributed by atoms with Gasteiger partial charge in [-0.2, -0.15) is 0 Å². The maximum atomic E-state index is 10.8. The van der Waals surface area contributed by atoms with E-state index in [1.54, 1.807) is 0 Å². The number of aliphatic carboxylic acids is 1. The molecule has 0 saturated heterocycles. The summed E-state index contributed by atoms with van der Waals surface area (Å²) in [4.78, 5) is 10.8. The van der Waals surface area contributed by atoms with Gasteiger partial charge < -0.3 is 9.84 Å². The number of para-hydroxylation sites is 1. The highest BCUT2D eigenvalue weighted by Crippen LogP contribution is 2.31. The highest BCUT2D eigenvalue weighted by molar-refractivity contribution is 5.73. The Hall–Kier alpha value is -1.51. The van der Waals surface area contributed by atoms with E-state index in [2.05, 4.69) is 0 Å². The molecule has 0 aromatic heterocycles. The summed E-state index contributed by atoms with van der Waals surface area (Å²) in [5, 5.41) is 8.90. The zero-order valence-corrected chi connectivity index (χ0v) is 8.69. The number of aryl methyl sites for hydroxylation is 2. The zero-order valence-electron chi connectivity index (χ0n) is 8.69. The minimum Gasteiger partial charge on any atom is -0.479 e. The average molecular weight is 206 g/mol. The van der Waals surface area contributed by atoms with Gasteiger partial charge >= 0.3 is 5.97 Å². The second-order valence-electron chi connectivity index (χ2n) is 3.74. The van der Waals surface area contributed by atoms with Gasteiger partial charge in [-0.25, -0.2) is 4.79 Å². The van der Waals surface area contributed by atoms with Crippen LogP contribution in [-0.4, -0.2) is 17.2 Å². The number of fused-ring (bicyclic) bond motifs is 1. The number of carboxylic acids is 1. The summed E-state index contributed by atoms with van der Waals surface area (Å²) in [7, 11) is 0. The van der Waals surface area contributed by atoms with E-state index in [0.29, 0.717) is 6.42 Å². The summed E-state index contributed by atoms with van der Waals surface area (Å²) < 4.78 is 5.52. The lowest BCUT2D eigenvalue weighted by Gasteiger charge is -2.25. The number of carbonyl (C=O) groups is 1. The molecule has 1 N–H and O–H groups in total. The Bertz CT molecular complexity index is 370. The summed E-state index contributed by atoms with van der Waals surface area (Å²) in [5.74, 6) is -0.0785. The summed E-state index contributed by atoms with van der Waals surface area (Å²) in [6, 6.07) is 6.00. The third-order valence-corrected chi connectivity index (χ3v) is 2.77. The van der Waals surface area contributed by atoms with Crippen LogP contribution in [0.1, 0.15) is 24.5 Å². The van der Waals surface area contributed by atoms with Crippen LogP contribution in [0.3, 0.4) is 0 Å². The van der Waals surface area contributed by atoms with Crippen LogP contribution >= 0.6 is 0 Å². The van der Waals surface area contributed by atoms with Gasteiger partial charge in [0.1, 0.15) is 5.75 Å². The summed E-state index contributed by atoms with van der Waals surface area (Å²) in [6.45, 7) is 2.04. The van der Waals surface area contributed by atoms with Crippen LogP contribution in [0.2, 0.25) is 0 Å². The lowest BCUT2D eigenvalue weighted by Crippen LogP contribution is -2.31. The molecule has 1 aliphatic rings. The first-order valence-corrected chi connectivity index (χ1v) is 5.22. The van der Waals surface area contributed by atoms with Gasteiger partial charge in [0.25, 0.3) is 0 Å². The fourth-order valence-corrected chi connectivity index (χ4v) is 1.93. The van der Waals surface area contributed by atoms with Crippen molar-refractivity contribution in [2.24, 2.45) is 0 Å². The molecule has 0 saturated carbocycles. The fraction of sp³-hybridized carbons (Fsp3) is 0.417. The van der Waals surface area contributed by atoms with Crippen molar-refractivity contribution in [1.82, 2.24) is 0 Å². The van der Waals surface area contributed by atoms with Crippen LogP contribution < -0.4 is 4.74 Å². The minimum atomic E-state index is -0.869. The SMILES string of the molecule is CCc1cccc2c1OC(C(=O)O)CC2. The Kier molecular flexibility index (Phi) is 2.62. The summed E-state index contributed by atoms with van der Waals surface area (Å²) in [5.41, 5.74) is 2.23. The third kappa shape index (κ3) is 1.82. The molecule has 1 aromatic carbocycles. The zero-order chi connectivity index (χ0) is 10.8. The second-order valence-corrected chi connectivity index (χ2v) is 3.74. The van der Waals surface area contributed by atoms with Gasteiger partial charge in [-0.15, -0.1) is 0 Å². The molecule has 1 aliphatic heterocycles. The smallest absolute Gasteiger partial charge is 0.344 e. The maximum absolute atomic E-state index is 10.8. The molecule has 0 aliphatic carbocycles. The van der Waals surface area contributed by atoms with Crippen molar-refractivity contribution < 1.29 is 14.6 Å². The number of benzene rings is 1. The summed E-state index contributed by atoms with van der Waals surface area (Å²) >= 11 is 0. The Balaban J connectivity index is 2.34. The molecule has 0 amide bonds. The van der Waals surface area contributed by atoms with Gasteiger partial charge in [0.05, 0.1) is 0 Å². The molecule has 0 fully saturated rings. The van der Waals surface area contributed by atoms with Crippen LogP contribution in [0, 0.1) is 0 Å². The molecular formula is C12H14O3. The third-order valence-electron chi connectivity index (χ3n) is 2.77. The molecular weight excluding hydrogens is 192 g/mol. The molecule has 1 atom stereocenters. The van der Waals surface area contributed by atoms with Crippen LogP contribution in [0.25, 0.3) is 0 Å². The van der Waals surface area contributed by atoms with Crippen LogP contribution in [0.5, 0.6) is 5.75 Å². The highest BCUT2D eigenvalue weighted by Gasteiger charge is 2.26. The van der Waals surface area contributed by atoms with Crippen molar-refractivity contribution in [2.45, 2.75) is 32.3 Å². The monoisotopic (exact) mass is 206 g/mol.